The Morgan fingerprint density at radius 2 is 2.00 bits per heavy atom. The summed E-state index contributed by atoms with van der Waals surface area (Å²) in [4.78, 5) is 0. The maximum atomic E-state index is 12.1. The van der Waals surface area contributed by atoms with Crippen molar-refractivity contribution < 1.29 is 13.5 Å². The molecular weight excluding hydrogens is 353 g/mol. The molecular formula is C13H13Cl2NO3S2. The lowest BCUT2D eigenvalue weighted by Gasteiger charge is -2.06. The summed E-state index contributed by atoms with van der Waals surface area (Å²) in [7, 11) is -3.55. The van der Waals surface area contributed by atoms with E-state index in [-0.39, 0.29) is 17.4 Å². The van der Waals surface area contributed by atoms with Gasteiger partial charge in [0.2, 0.25) is 10.0 Å². The lowest BCUT2D eigenvalue weighted by atomic mass is 10.1. The van der Waals surface area contributed by atoms with E-state index in [1.807, 2.05) is 0 Å². The number of benzene rings is 1. The van der Waals surface area contributed by atoms with E-state index in [4.69, 9.17) is 28.3 Å². The molecule has 0 atom stereocenters. The average Bonchev–Trinajstić information content (AvgIpc) is 2.91. The quantitative estimate of drug-likeness (QED) is 0.826. The number of sulfonamides is 1. The number of nitrogens with one attached hydrogen (secondary N) is 1. The number of aliphatic hydroxyl groups excluding tert-OH is 1. The van der Waals surface area contributed by atoms with Crippen LogP contribution < -0.4 is 4.72 Å². The number of aliphatic hydroxyl groups is 1. The SMILES string of the molecule is O=S(=O)(NCCc1ccc(Cl)cc1Cl)c1cc(CO)cs1. The Morgan fingerprint density at radius 1 is 1.24 bits per heavy atom. The third-order valence-electron chi connectivity index (χ3n) is 2.78. The third-order valence-corrected chi connectivity index (χ3v) is 6.32. The maximum Gasteiger partial charge on any atom is 0.250 e. The van der Waals surface area contributed by atoms with Gasteiger partial charge >= 0.3 is 0 Å². The van der Waals surface area contributed by atoms with Crippen molar-refractivity contribution in [3.05, 3.63) is 50.8 Å². The summed E-state index contributed by atoms with van der Waals surface area (Å²) in [6.07, 6.45) is 0.466. The van der Waals surface area contributed by atoms with Crippen LogP contribution in [-0.2, 0) is 23.1 Å². The van der Waals surface area contributed by atoms with Crippen LogP contribution in [0.5, 0.6) is 0 Å². The number of hydrogen-bond acceptors (Lipinski definition) is 4. The first kappa shape index (κ1) is 16.7. The molecule has 0 unspecified atom stereocenters. The lowest BCUT2D eigenvalue weighted by Crippen LogP contribution is -2.25. The van der Waals surface area contributed by atoms with Gasteiger partial charge in [0, 0.05) is 16.6 Å². The van der Waals surface area contributed by atoms with Gasteiger partial charge in [0.25, 0.3) is 0 Å². The van der Waals surface area contributed by atoms with Gasteiger partial charge in [-0.25, -0.2) is 13.1 Å². The second-order valence-corrected chi connectivity index (χ2v) is 8.06. The summed E-state index contributed by atoms with van der Waals surface area (Å²) in [6.45, 7) is 0.0580. The lowest BCUT2D eigenvalue weighted by molar-refractivity contribution is 0.282. The van der Waals surface area contributed by atoms with Crippen LogP contribution in [0.15, 0.2) is 33.9 Å². The molecule has 1 aromatic heterocycles. The predicted molar refractivity (Wildman–Crippen MR) is 85.6 cm³/mol. The van der Waals surface area contributed by atoms with Gasteiger partial charge in [-0.1, -0.05) is 29.3 Å². The van der Waals surface area contributed by atoms with Crippen LogP contribution in [-0.4, -0.2) is 20.1 Å². The Balaban J connectivity index is 1.99. The van der Waals surface area contributed by atoms with Crippen molar-refractivity contribution in [2.24, 2.45) is 0 Å². The second-order valence-electron chi connectivity index (χ2n) is 4.32. The molecule has 0 aliphatic carbocycles. The van der Waals surface area contributed by atoms with Crippen molar-refractivity contribution in [1.29, 1.82) is 0 Å². The first-order chi connectivity index (χ1) is 9.92. The van der Waals surface area contributed by atoms with Crippen LogP contribution in [0.25, 0.3) is 0 Å². The number of hydrogen-bond donors (Lipinski definition) is 2. The van der Waals surface area contributed by atoms with Gasteiger partial charge in [-0.05, 0) is 41.1 Å². The Labute approximate surface area is 137 Å². The average molecular weight is 366 g/mol. The number of halogens is 2. The van der Waals surface area contributed by atoms with Gasteiger partial charge in [0.1, 0.15) is 4.21 Å². The molecule has 0 saturated heterocycles. The van der Waals surface area contributed by atoms with Crippen molar-refractivity contribution in [1.82, 2.24) is 4.72 Å². The minimum Gasteiger partial charge on any atom is -0.392 e. The molecule has 0 aliphatic rings. The standard InChI is InChI=1S/C13H13Cl2NO3S2/c14-11-2-1-10(12(15)6-11)3-4-16-21(18,19)13-5-9(7-17)8-20-13/h1-2,5-6,8,16-17H,3-4,7H2. The molecule has 0 bridgehead atoms. The first-order valence-corrected chi connectivity index (χ1v) is 9.16. The zero-order valence-corrected chi connectivity index (χ0v) is 14.0. The molecule has 1 heterocycles. The summed E-state index contributed by atoms with van der Waals surface area (Å²) >= 11 is 12.9. The van der Waals surface area contributed by atoms with E-state index in [0.29, 0.717) is 22.0 Å². The van der Waals surface area contributed by atoms with Crippen molar-refractivity contribution in [3.8, 4) is 0 Å². The second kappa shape index (κ2) is 7.09. The molecule has 1 aromatic carbocycles. The Hall–Kier alpha value is -0.630. The minimum atomic E-state index is -3.55. The molecule has 0 radical (unpaired) electrons. The topological polar surface area (TPSA) is 66.4 Å². The van der Waals surface area contributed by atoms with E-state index in [1.165, 1.54) is 6.07 Å². The Kier molecular flexibility index (Phi) is 5.65. The highest BCUT2D eigenvalue weighted by atomic mass is 35.5. The normalized spacial score (nSPS) is 11.8. The van der Waals surface area contributed by atoms with Gasteiger partial charge in [0.05, 0.1) is 6.61 Å². The van der Waals surface area contributed by atoms with E-state index in [9.17, 15) is 8.42 Å². The summed E-state index contributed by atoms with van der Waals surface area (Å²) < 4.78 is 26.8. The van der Waals surface area contributed by atoms with Crippen LogP contribution in [0.2, 0.25) is 10.0 Å². The van der Waals surface area contributed by atoms with Crippen LogP contribution >= 0.6 is 34.5 Å². The molecule has 4 nitrogen and oxygen atoms in total. The van der Waals surface area contributed by atoms with E-state index in [1.54, 1.807) is 23.6 Å². The van der Waals surface area contributed by atoms with Gasteiger partial charge < -0.3 is 5.11 Å². The summed E-state index contributed by atoms with van der Waals surface area (Å²) in [5, 5.41) is 11.6. The monoisotopic (exact) mass is 365 g/mol. The fraction of sp³-hybridized carbons (Fsp3) is 0.231. The van der Waals surface area contributed by atoms with Crippen molar-refractivity contribution in [2.75, 3.05) is 6.54 Å². The largest absolute Gasteiger partial charge is 0.392 e. The number of thiophene rings is 1. The van der Waals surface area contributed by atoms with Crippen molar-refractivity contribution >= 4 is 44.6 Å². The van der Waals surface area contributed by atoms with E-state index in [0.717, 1.165) is 16.9 Å². The predicted octanol–water partition coefficient (Wildman–Crippen LogP) is 3.07. The van der Waals surface area contributed by atoms with Crippen LogP contribution in [0.3, 0.4) is 0 Å². The fourth-order valence-electron chi connectivity index (χ4n) is 1.69. The molecule has 2 N–H and O–H groups in total. The Morgan fingerprint density at radius 3 is 2.62 bits per heavy atom. The molecule has 2 aromatic rings. The van der Waals surface area contributed by atoms with E-state index >= 15 is 0 Å². The highest BCUT2D eigenvalue weighted by molar-refractivity contribution is 7.91. The molecule has 0 fully saturated rings. The van der Waals surface area contributed by atoms with Crippen LogP contribution in [0.4, 0.5) is 0 Å². The van der Waals surface area contributed by atoms with Crippen molar-refractivity contribution in [2.45, 2.75) is 17.2 Å². The van der Waals surface area contributed by atoms with Gasteiger partial charge in [-0.2, -0.15) is 0 Å². The molecule has 0 aliphatic heterocycles. The highest BCUT2D eigenvalue weighted by Crippen LogP contribution is 2.22. The third kappa shape index (κ3) is 4.42. The molecule has 8 heteroatoms. The molecule has 0 saturated carbocycles. The van der Waals surface area contributed by atoms with Crippen molar-refractivity contribution in [3.63, 3.8) is 0 Å². The highest BCUT2D eigenvalue weighted by Gasteiger charge is 2.16. The molecule has 114 valence electrons. The summed E-state index contributed by atoms with van der Waals surface area (Å²) in [5.41, 5.74) is 1.41. The van der Waals surface area contributed by atoms with Gasteiger partial charge in [0.15, 0.2) is 0 Å². The molecule has 0 amide bonds. The summed E-state index contributed by atoms with van der Waals surface area (Å²) in [6, 6.07) is 6.57. The maximum absolute atomic E-state index is 12.1. The molecule has 2 rings (SSSR count). The van der Waals surface area contributed by atoms with Crippen LogP contribution in [0, 0.1) is 0 Å². The minimum absolute atomic E-state index is 0.174. The van der Waals surface area contributed by atoms with E-state index < -0.39 is 10.0 Å². The molecule has 0 spiro atoms. The van der Waals surface area contributed by atoms with Crippen LogP contribution in [0.1, 0.15) is 11.1 Å². The zero-order chi connectivity index (χ0) is 15.5. The van der Waals surface area contributed by atoms with Gasteiger partial charge in [-0.3, -0.25) is 0 Å². The van der Waals surface area contributed by atoms with Gasteiger partial charge in [-0.15, -0.1) is 11.3 Å². The first-order valence-electron chi connectivity index (χ1n) is 6.04. The molecule has 21 heavy (non-hydrogen) atoms. The fourth-order valence-corrected chi connectivity index (χ4v) is 4.47. The van der Waals surface area contributed by atoms with E-state index in [2.05, 4.69) is 4.72 Å². The zero-order valence-electron chi connectivity index (χ0n) is 10.8. The number of rotatable bonds is 6. The smallest absolute Gasteiger partial charge is 0.250 e. The summed E-state index contributed by atoms with van der Waals surface area (Å²) in [5.74, 6) is 0. The Bertz CT molecular complexity index is 729.